The summed E-state index contributed by atoms with van der Waals surface area (Å²) in [5.74, 6) is 3.67. The molecular weight excluding hydrogens is 422 g/mol. The molecule has 1 aliphatic heterocycles. The Balaban J connectivity index is 1.49. The number of nitrogens with one attached hydrogen (secondary N) is 1. The molecule has 1 N–H and O–H groups in total. The van der Waals surface area contributed by atoms with Crippen LogP contribution in [0.25, 0.3) is 16.7 Å². The van der Waals surface area contributed by atoms with Crippen molar-refractivity contribution in [2.45, 2.75) is 12.8 Å². The zero-order valence-corrected chi connectivity index (χ0v) is 18.8. The highest BCUT2D eigenvalue weighted by Gasteiger charge is 2.19. The van der Waals surface area contributed by atoms with Crippen LogP contribution in [0, 0.1) is 0 Å². The number of methoxy groups -OCH3 is 3. The SMILES string of the molecule is COc1cc(-n2cnc(Nc3nc(N4CCCC4)nc4ncccc34)c2)cc(OC)c1OC. The molecule has 1 aliphatic rings. The quantitative estimate of drug-likeness (QED) is 0.456. The molecule has 0 aliphatic carbocycles. The van der Waals surface area contributed by atoms with Crippen molar-refractivity contribution in [3.8, 4) is 22.9 Å². The van der Waals surface area contributed by atoms with Crippen molar-refractivity contribution >= 4 is 28.6 Å². The molecular formula is C23H25N7O3. The Morgan fingerprint density at radius 2 is 1.70 bits per heavy atom. The molecule has 0 atom stereocenters. The third-order valence-corrected chi connectivity index (χ3v) is 5.63. The molecule has 0 bridgehead atoms. The topological polar surface area (TPSA) is 99.5 Å². The Bertz CT molecular complexity index is 1260. The van der Waals surface area contributed by atoms with E-state index in [-0.39, 0.29) is 0 Å². The van der Waals surface area contributed by atoms with E-state index in [1.54, 1.807) is 33.9 Å². The average Bonchev–Trinajstić information content (AvgIpc) is 3.56. The van der Waals surface area contributed by atoms with Gasteiger partial charge in [-0.05, 0) is 25.0 Å². The predicted octanol–water partition coefficient (Wildman–Crippen LogP) is 3.58. The predicted molar refractivity (Wildman–Crippen MR) is 125 cm³/mol. The van der Waals surface area contributed by atoms with Crippen LogP contribution in [0.4, 0.5) is 17.6 Å². The molecule has 0 unspecified atom stereocenters. The molecule has 10 nitrogen and oxygen atoms in total. The van der Waals surface area contributed by atoms with Gasteiger partial charge in [0.15, 0.2) is 17.1 Å². The highest BCUT2D eigenvalue weighted by atomic mass is 16.5. The average molecular weight is 447 g/mol. The Hall–Kier alpha value is -4.08. The molecule has 3 aromatic heterocycles. The standard InChI is InChI=1S/C23H25N7O3/c1-31-17-11-15(12-18(32-2)20(17)33-3)30-13-19(25-14-30)26-22-16-7-6-8-24-21(16)27-23(28-22)29-9-4-5-10-29/h6-8,11-14H,4-5,9-10H2,1-3H3,(H,24,26,27,28). The fourth-order valence-electron chi connectivity index (χ4n) is 3.97. The number of hydrogen-bond donors (Lipinski definition) is 1. The third-order valence-electron chi connectivity index (χ3n) is 5.63. The van der Waals surface area contributed by atoms with E-state index >= 15 is 0 Å². The first kappa shape index (κ1) is 20.8. The summed E-state index contributed by atoms with van der Waals surface area (Å²) in [4.78, 5) is 20.6. The van der Waals surface area contributed by atoms with E-state index in [1.807, 2.05) is 35.0 Å². The van der Waals surface area contributed by atoms with Crippen LogP contribution in [0.1, 0.15) is 12.8 Å². The second kappa shape index (κ2) is 8.81. The Kier molecular flexibility index (Phi) is 5.55. The Morgan fingerprint density at radius 3 is 2.39 bits per heavy atom. The lowest BCUT2D eigenvalue weighted by atomic mass is 10.2. The van der Waals surface area contributed by atoms with Crippen molar-refractivity contribution in [1.29, 1.82) is 0 Å². The van der Waals surface area contributed by atoms with Crippen molar-refractivity contribution in [3.05, 3.63) is 43.0 Å². The number of ether oxygens (including phenoxy) is 3. The first-order valence-corrected chi connectivity index (χ1v) is 10.7. The van der Waals surface area contributed by atoms with Crippen LogP contribution in [0.5, 0.6) is 17.2 Å². The number of pyridine rings is 1. The number of aromatic nitrogens is 5. The molecule has 1 saturated heterocycles. The van der Waals surface area contributed by atoms with Crippen LogP contribution in [0.15, 0.2) is 43.0 Å². The monoisotopic (exact) mass is 447 g/mol. The van der Waals surface area contributed by atoms with Crippen LogP contribution < -0.4 is 24.4 Å². The van der Waals surface area contributed by atoms with Gasteiger partial charge >= 0.3 is 0 Å². The van der Waals surface area contributed by atoms with Crippen molar-refractivity contribution in [3.63, 3.8) is 0 Å². The molecule has 0 saturated carbocycles. The molecule has 0 spiro atoms. The largest absolute Gasteiger partial charge is 0.493 e. The lowest BCUT2D eigenvalue weighted by Gasteiger charge is -2.17. The van der Waals surface area contributed by atoms with Crippen LogP contribution in [0.2, 0.25) is 0 Å². The minimum atomic E-state index is 0.539. The summed E-state index contributed by atoms with van der Waals surface area (Å²) in [6, 6.07) is 7.56. The minimum absolute atomic E-state index is 0.539. The van der Waals surface area contributed by atoms with Gasteiger partial charge < -0.3 is 29.0 Å². The first-order chi connectivity index (χ1) is 16.2. The Morgan fingerprint density at radius 1 is 0.939 bits per heavy atom. The van der Waals surface area contributed by atoms with E-state index in [0.717, 1.165) is 37.0 Å². The zero-order valence-electron chi connectivity index (χ0n) is 18.8. The van der Waals surface area contributed by atoms with E-state index in [0.29, 0.717) is 40.5 Å². The van der Waals surface area contributed by atoms with E-state index in [2.05, 4.69) is 25.2 Å². The lowest BCUT2D eigenvalue weighted by molar-refractivity contribution is 0.324. The molecule has 0 radical (unpaired) electrons. The molecule has 4 aromatic rings. The molecule has 1 aromatic carbocycles. The van der Waals surface area contributed by atoms with E-state index in [4.69, 9.17) is 19.2 Å². The number of hydrogen-bond acceptors (Lipinski definition) is 9. The molecule has 1 fully saturated rings. The summed E-state index contributed by atoms with van der Waals surface area (Å²) in [6.45, 7) is 1.90. The number of benzene rings is 1. The van der Waals surface area contributed by atoms with Gasteiger partial charge in [0.05, 0.1) is 38.6 Å². The second-order valence-corrected chi connectivity index (χ2v) is 7.62. The van der Waals surface area contributed by atoms with Gasteiger partial charge in [0.25, 0.3) is 0 Å². The smallest absolute Gasteiger partial charge is 0.229 e. The van der Waals surface area contributed by atoms with Crippen molar-refractivity contribution in [1.82, 2.24) is 24.5 Å². The highest BCUT2D eigenvalue weighted by Crippen LogP contribution is 2.39. The summed E-state index contributed by atoms with van der Waals surface area (Å²) < 4.78 is 18.2. The van der Waals surface area contributed by atoms with Crippen LogP contribution in [-0.4, -0.2) is 58.9 Å². The van der Waals surface area contributed by atoms with Gasteiger partial charge in [-0.25, -0.2) is 9.97 Å². The number of fused-ring (bicyclic) bond motifs is 1. The van der Waals surface area contributed by atoms with E-state index in [9.17, 15) is 0 Å². The summed E-state index contributed by atoms with van der Waals surface area (Å²) in [7, 11) is 4.76. The van der Waals surface area contributed by atoms with Crippen LogP contribution in [0.3, 0.4) is 0 Å². The van der Waals surface area contributed by atoms with Gasteiger partial charge in [-0.3, -0.25) is 0 Å². The van der Waals surface area contributed by atoms with Crippen LogP contribution >= 0.6 is 0 Å². The van der Waals surface area contributed by atoms with Gasteiger partial charge in [0, 0.05) is 31.4 Å². The second-order valence-electron chi connectivity index (χ2n) is 7.62. The van der Waals surface area contributed by atoms with Gasteiger partial charge in [0.1, 0.15) is 18.0 Å². The first-order valence-electron chi connectivity index (χ1n) is 10.7. The fourth-order valence-corrected chi connectivity index (χ4v) is 3.97. The van der Waals surface area contributed by atoms with Gasteiger partial charge in [-0.1, -0.05) is 0 Å². The summed E-state index contributed by atoms with van der Waals surface area (Å²) >= 11 is 0. The number of nitrogens with zero attached hydrogens (tertiary/aromatic N) is 6. The van der Waals surface area contributed by atoms with Crippen molar-refractivity contribution in [2.24, 2.45) is 0 Å². The number of anilines is 3. The maximum Gasteiger partial charge on any atom is 0.229 e. The maximum absolute atomic E-state index is 5.47. The lowest BCUT2D eigenvalue weighted by Crippen LogP contribution is -2.21. The summed E-state index contributed by atoms with van der Waals surface area (Å²) in [5, 5.41) is 4.18. The van der Waals surface area contributed by atoms with E-state index < -0.39 is 0 Å². The molecule has 5 rings (SSSR count). The van der Waals surface area contributed by atoms with Gasteiger partial charge in [-0.2, -0.15) is 9.97 Å². The Labute approximate surface area is 191 Å². The van der Waals surface area contributed by atoms with Crippen LogP contribution in [-0.2, 0) is 0 Å². The molecule has 10 heteroatoms. The number of imidazole rings is 1. The van der Waals surface area contributed by atoms with E-state index in [1.165, 1.54) is 0 Å². The van der Waals surface area contributed by atoms with Crippen molar-refractivity contribution < 1.29 is 14.2 Å². The molecule has 33 heavy (non-hydrogen) atoms. The molecule has 170 valence electrons. The molecule has 4 heterocycles. The normalized spacial score (nSPS) is 13.4. The van der Waals surface area contributed by atoms with Crippen molar-refractivity contribution in [2.75, 3.05) is 44.6 Å². The third kappa shape index (κ3) is 3.95. The number of rotatable bonds is 7. The molecule has 0 amide bonds. The summed E-state index contributed by atoms with van der Waals surface area (Å²) in [6.07, 6.45) is 7.62. The van der Waals surface area contributed by atoms with Gasteiger partial charge in [-0.15, -0.1) is 0 Å². The zero-order chi connectivity index (χ0) is 22.8. The fraction of sp³-hybridized carbons (Fsp3) is 0.304. The highest BCUT2D eigenvalue weighted by molar-refractivity contribution is 5.89. The summed E-state index contributed by atoms with van der Waals surface area (Å²) in [5.41, 5.74) is 1.47. The maximum atomic E-state index is 5.47. The minimum Gasteiger partial charge on any atom is -0.493 e. The van der Waals surface area contributed by atoms with Gasteiger partial charge in [0.2, 0.25) is 11.7 Å².